The summed E-state index contributed by atoms with van der Waals surface area (Å²) in [6.45, 7) is 6.25. The molecule has 17 heavy (non-hydrogen) atoms. The van der Waals surface area contributed by atoms with Gasteiger partial charge in [-0.15, -0.1) is 0 Å². The van der Waals surface area contributed by atoms with Crippen LogP contribution in [0.5, 0.6) is 0 Å². The van der Waals surface area contributed by atoms with E-state index in [9.17, 15) is 0 Å². The summed E-state index contributed by atoms with van der Waals surface area (Å²) in [4.78, 5) is 2.87. The third-order valence-electron chi connectivity index (χ3n) is 4.94. The van der Waals surface area contributed by atoms with Crippen LogP contribution in [0.1, 0.15) is 51.9 Å². The summed E-state index contributed by atoms with van der Waals surface area (Å²) < 4.78 is 0. The zero-order valence-electron chi connectivity index (χ0n) is 11.3. The van der Waals surface area contributed by atoms with Crippen LogP contribution >= 0.6 is 0 Å². The second-order valence-corrected chi connectivity index (χ2v) is 6.40. The zero-order valence-corrected chi connectivity index (χ0v) is 11.3. The van der Waals surface area contributed by atoms with Crippen LogP contribution < -0.4 is 5.32 Å². The van der Waals surface area contributed by atoms with Crippen LogP contribution in [0.15, 0.2) is 0 Å². The van der Waals surface area contributed by atoms with Crippen molar-refractivity contribution in [3.63, 3.8) is 0 Å². The predicted molar refractivity (Wildman–Crippen MR) is 72.1 cm³/mol. The average Bonchev–Trinajstić information content (AvgIpc) is 3.15. The highest BCUT2D eigenvalue weighted by Gasteiger charge is 2.44. The quantitative estimate of drug-likeness (QED) is 0.807. The van der Waals surface area contributed by atoms with Crippen molar-refractivity contribution < 1.29 is 0 Å². The molecule has 3 fully saturated rings. The van der Waals surface area contributed by atoms with Crippen LogP contribution in [0.2, 0.25) is 0 Å². The third-order valence-corrected chi connectivity index (χ3v) is 4.94. The molecule has 0 bridgehead atoms. The molecule has 3 rings (SSSR count). The molecular formula is C15H28N2. The van der Waals surface area contributed by atoms with Crippen LogP contribution in [0.3, 0.4) is 0 Å². The van der Waals surface area contributed by atoms with Gasteiger partial charge in [-0.1, -0.05) is 6.92 Å². The van der Waals surface area contributed by atoms with Crippen molar-refractivity contribution in [1.29, 1.82) is 0 Å². The van der Waals surface area contributed by atoms with Gasteiger partial charge in [0, 0.05) is 12.1 Å². The van der Waals surface area contributed by atoms with E-state index in [1.54, 1.807) is 0 Å². The molecule has 1 aliphatic heterocycles. The first-order valence-corrected chi connectivity index (χ1v) is 7.86. The lowest BCUT2D eigenvalue weighted by atomic mass is 10.0. The average molecular weight is 236 g/mol. The maximum absolute atomic E-state index is 3.69. The fourth-order valence-electron chi connectivity index (χ4n) is 3.63. The molecule has 0 aromatic heterocycles. The summed E-state index contributed by atoms with van der Waals surface area (Å²) in [6.07, 6.45) is 10.1. The molecule has 1 N–H and O–H groups in total. The van der Waals surface area contributed by atoms with Crippen molar-refractivity contribution in [2.24, 2.45) is 11.8 Å². The fourth-order valence-corrected chi connectivity index (χ4v) is 3.63. The van der Waals surface area contributed by atoms with E-state index < -0.39 is 0 Å². The molecule has 1 unspecified atom stereocenters. The van der Waals surface area contributed by atoms with Crippen molar-refractivity contribution in [2.75, 3.05) is 19.6 Å². The summed E-state index contributed by atoms with van der Waals surface area (Å²) in [5.41, 5.74) is 0. The van der Waals surface area contributed by atoms with Gasteiger partial charge in [-0.3, -0.25) is 4.90 Å². The number of nitrogens with one attached hydrogen (secondary N) is 1. The number of nitrogens with zero attached hydrogens (tertiary/aromatic N) is 1. The van der Waals surface area contributed by atoms with Crippen LogP contribution in [0.4, 0.5) is 0 Å². The van der Waals surface area contributed by atoms with Crippen molar-refractivity contribution in [2.45, 2.75) is 64.0 Å². The Bertz CT molecular complexity index is 233. The minimum absolute atomic E-state index is 0.775. The molecule has 0 spiro atoms. The Balaban J connectivity index is 1.59. The van der Waals surface area contributed by atoms with Gasteiger partial charge >= 0.3 is 0 Å². The summed E-state index contributed by atoms with van der Waals surface area (Å²) in [6, 6.07) is 1.75. The lowest BCUT2D eigenvalue weighted by Gasteiger charge is -2.35. The molecule has 2 nitrogen and oxygen atoms in total. The molecule has 1 atom stereocenters. The molecule has 0 amide bonds. The smallest absolute Gasteiger partial charge is 0.0152 e. The van der Waals surface area contributed by atoms with Gasteiger partial charge in [-0.05, 0) is 76.4 Å². The topological polar surface area (TPSA) is 15.3 Å². The Labute approximate surface area is 106 Å². The molecule has 1 heterocycles. The van der Waals surface area contributed by atoms with Crippen LogP contribution in [-0.2, 0) is 0 Å². The molecule has 2 saturated carbocycles. The zero-order chi connectivity index (χ0) is 11.7. The van der Waals surface area contributed by atoms with Crippen LogP contribution in [0.25, 0.3) is 0 Å². The Morgan fingerprint density at radius 1 is 1.06 bits per heavy atom. The SMILES string of the molecule is CCC1CCN(C(C2CC2)C2CC2)CCCN1. The van der Waals surface area contributed by atoms with Gasteiger partial charge < -0.3 is 5.32 Å². The number of hydrogen-bond acceptors (Lipinski definition) is 2. The normalized spacial score (nSPS) is 32.5. The molecule has 1 saturated heterocycles. The van der Waals surface area contributed by atoms with Gasteiger partial charge in [0.25, 0.3) is 0 Å². The molecule has 2 aliphatic carbocycles. The molecule has 0 aromatic rings. The van der Waals surface area contributed by atoms with E-state index in [0.29, 0.717) is 0 Å². The minimum atomic E-state index is 0.775. The van der Waals surface area contributed by atoms with Gasteiger partial charge in [-0.25, -0.2) is 0 Å². The van der Waals surface area contributed by atoms with Gasteiger partial charge in [0.15, 0.2) is 0 Å². The van der Waals surface area contributed by atoms with E-state index in [2.05, 4.69) is 17.1 Å². The second kappa shape index (κ2) is 5.27. The van der Waals surface area contributed by atoms with E-state index >= 15 is 0 Å². The lowest BCUT2D eigenvalue weighted by Crippen LogP contribution is -2.45. The Morgan fingerprint density at radius 3 is 2.35 bits per heavy atom. The van der Waals surface area contributed by atoms with E-state index in [1.165, 1.54) is 64.6 Å². The molecule has 0 aromatic carbocycles. The molecular weight excluding hydrogens is 208 g/mol. The standard InChI is InChI=1S/C15H28N2/c1-2-14-8-11-17(10-3-9-16-14)15(12-4-5-12)13-6-7-13/h12-16H,2-11H2,1H3. The second-order valence-electron chi connectivity index (χ2n) is 6.40. The summed E-state index contributed by atoms with van der Waals surface area (Å²) in [7, 11) is 0. The number of rotatable bonds is 4. The minimum Gasteiger partial charge on any atom is -0.314 e. The van der Waals surface area contributed by atoms with E-state index in [4.69, 9.17) is 0 Å². The van der Waals surface area contributed by atoms with E-state index in [1.807, 2.05) is 0 Å². The summed E-state index contributed by atoms with van der Waals surface area (Å²) in [5.74, 6) is 2.16. The Hall–Kier alpha value is -0.0800. The van der Waals surface area contributed by atoms with Gasteiger partial charge in [0.05, 0.1) is 0 Å². The lowest BCUT2D eigenvalue weighted by molar-refractivity contribution is 0.136. The molecule has 98 valence electrons. The van der Waals surface area contributed by atoms with Crippen molar-refractivity contribution >= 4 is 0 Å². The molecule has 3 aliphatic rings. The molecule has 0 radical (unpaired) electrons. The van der Waals surface area contributed by atoms with Crippen LogP contribution in [-0.4, -0.2) is 36.6 Å². The Morgan fingerprint density at radius 2 is 1.76 bits per heavy atom. The predicted octanol–water partition coefficient (Wildman–Crippen LogP) is 2.64. The number of hydrogen-bond donors (Lipinski definition) is 1. The third kappa shape index (κ3) is 3.03. The maximum Gasteiger partial charge on any atom is 0.0152 e. The first kappa shape index (κ1) is 12.0. The van der Waals surface area contributed by atoms with Crippen molar-refractivity contribution in [3.8, 4) is 0 Å². The monoisotopic (exact) mass is 236 g/mol. The van der Waals surface area contributed by atoms with E-state index in [0.717, 1.165) is 23.9 Å². The maximum atomic E-state index is 3.69. The largest absolute Gasteiger partial charge is 0.314 e. The van der Waals surface area contributed by atoms with Crippen molar-refractivity contribution in [3.05, 3.63) is 0 Å². The summed E-state index contributed by atoms with van der Waals surface area (Å²) in [5, 5.41) is 3.69. The van der Waals surface area contributed by atoms with Crippen molar-refractivity contribution in [1.82, 2.24) is 10.2 Å². The highest BCUT2D eigenvalue weighted by atomic mass is 15.2. The Kier molecular flexibility index (Phi) is 3.72. The van der Waals surface area contributed by atoms with Crippen LogP contribution in [0, 0.1) is 11.8 Å². The van der Waals surface area contributed by atoms with E-state index in [-0.39, 0.29) is 0 Å². The molecule has 2 heteroatoms. The first-order valence-electron chi connectivity index (χ1n) is 7.86. The fraction of sp³-hybridized carbons (Fsp3) is 1.00. The summed E-state index contributed by atoms with van der Waals surface area (Å²) >= 11 is 0. The first-order chi connectivity index (χ1) is 8.38. The van der Waals surface area contributed by atoms with Gasteiger partial charge in [0.1, 0.15) is 0 Å². The van der Waals surface area contributed by atoms with Gasteiger partial charge in [0.2, 0.25) is 0 Å². The highest BCUT2D eigenvalue weighted by Crippen LogP contribution is 2.47. The highest BCUT2D eigenvalue weighted by molar-refractivity contribution is 4.98. The van der Waals surface area contributed by atoms with Gasteiger partial charge in [-0.2, -0.15) is 0 Å².